The van der Waals surface area contributed by atoms with Crippen LogP contribution in [0.25, 0.3) is 0 Å². The zero-order chi connectivity index (χ0) is 10.3. The van der Waals surface area contributed by atoms with Crippen molar-refractivity contribution in [2.24, 2.45) is 0 Å². The van der Waals surface area contributed by atoms with E-state index in [-0.39, 0.29) is 5.02 Å². The fourth-order valence-electron chi connectivity index (χ4n) is 1.38. The molecule has 1 aliphatic carbocycles. The van der Waals surface area contributed by atoms with Gasteiger partial charge in [0.05, 0.1) is 10.6 Å². The molecule has 2 rings (SSSR count). The number of aliphatic hydroxyl groups is 1. The molecule has 1 aromatic carbocycles. The molecule has 1 aromatic rings. The topological polar surface area (TPSA) is 20.2 Å². The van der Waals surface area contributed by atoms with Gasteiger partial charge in [0, 0.05) is 6.42 Å². The predicted octanol–water partition coefficient (Wildman–Crippen LogP) is 2.69. The summed E-state index contributed by atoms with van der Waals surface area (Å²) in [6.07, 6.45) is 1.69. The smallest absolute Gasteiger partial charge is 0.177 e. The van der Waals surface area contributed by atoms with Gasteiger partial charge >= 0.3 is 0 Å². The molecule has 0 heterocycles. The molecule has 14 heavy (non-hydrogen) atoms. The molecular formula is C10H9ClF2O. The maximum Gasteiger partial charge on any atom is 0.177 e. The second-order valence-electron chi connectivity index (χ2n) is 3.74. The zero-order valence-electron chi connectivity index (χ0n) is 7.36. The molecule has 0 atom stereocenters. The van der Waals surface area contributed by atoms with Gasteiger partial charge in [-0.25, -0.2) is 8.78 Å². The number of hydrogen-bond acceptors (Lipinski definition) is 1. The van der Waals surface area contributed by atoms with Gasteiger partial charge in [0.15, 0.2) is 11.6 Å². The van der Waals surface area contributed by atoms with E-state index in [0.717, 1.165) is 6.07 Å². The molecule has 0 radical (unpaired) electrons. The van der Waals surface area contributed by atoms with Crippen molar-refractivity contribution in [3.05, 3.63) is 34.4 Å². The number of halogens is 3. The molecule has 0 spiro atoms. The highest BCUT2D eigenvalue weighted by molar-refractivity contribution is 6.31. The SMILES string of the molecule is OC1(Cc2ccc(F)c(F)c2Cl)CC1. The average Bonchev–Trinajstić information content (AvgIpc) is 2.86. The summed E-state index contributed by atoms with van der Waals surface area (Å²) in [7, 11) is 0. The largest absolute Gasteiger partial charge is 0.390 e. The third-order valence-electron chi connectivity index (χ3n) is 2.46. The first-order valence-electron chi connectivity index (χ1n) is 4.37. The average molecular weight is 219 g/mol. The Morgan fingerprint density at radius 2 is 2.00 bits per heavy atom. The first kappa shape index (κ1) is 9.87. The maximum atomic E-state index is 13.0. The molecule has 0 bridgehead atoms. The molecule has 1 fully saturated rings. The van der Waals surface area contributed by atoms with Crippen LogP contribution in [0, 0.1) is 11.6 Å². The lowest BCUT2D eigenvalue weighted by Crippen LogP contribution is -2.11. The Kier molecular flexibility index (Phi) is 2.24. The minimum absolute atomic E-state index is 0.217. The molecule has 0 aliphatic heterocycles. The standard InChI is InChI=1S/C10H9ClF2O/c11-8-6(5-10(14)3-4-10)1-2-7(12)9(8)13/h1-2,14H,3-5H2. The van der Waals surface area contributed by atoms with Crippen LogP contribution in [0.1, 0.15) is 18.4 Å². The van der Waals surface area contributed by atoms with E-state index in [1.54, 1.807) is 0 Å². The van der Waals surface area contributed by atoms with Crippen LogP contribution in [0.15, 0.2) is 12.1 Å². The summed E-state index contributed by atoms with van der Waals surface area (Å²) in [4.78, 5) is 0. The van der Waals surface area contributed by atoms with Gasteiger partial charge in [-0.15, -0.1) is 0 Å². The van der Waals surface area contributed by atoms with Gasteiger partial charge in [0.2, 0.25) is 0 Å². The fourth-order valence-corrected chi connectivity index (χ4v) is 1.60. The molecule has 1 nitrogen and oxygen atoms in total. The van der Waals surface area contributed by atoms with Crippen LogP contribution in [0.3, 0.4) is 0 Å². The van der Waals surface area contributed by atoms with E-state index in [1.807, 2.05) is 0 Å². The molecule has 1 N–H and O–H groups in total. The number of hydrogen-bond donors (Lipinski definition) is 1. The van der Waals surface area contributed by atoms with Gasteiger partial charge in [-0.3, -0.25) is 0 Å². The van der Waals surface area contributed by atoms with Crippen molar-refractivity contribution < 1.29 is 13.9 Å². The van der Waals surface area contributed by atoms with Gasteiger partial charge in [-0.05, 0) is 24.5 Å². The van der Waals surface area contributed by atoms with Crippen LogP contribution < -0.4 is 0 Å². The van der Waals surface area contributed by atoms with Crippen molar-refractivity contribution >= 4 is 11.6 Å². The van der Waals surface area contributed by atoms with Gasteiger partial charge in [-0.2, -0.15) is 0 Å². The molecule has 1 saturated carbocycles. The molecule has 0 amide bonds. The maximum absolute atomic E-state index is 13.0. The summed E-state index contributed by atoms with van der Waals surface area (Å²) in [6, 6.07) is 2.44. The third-order valence-corrected chi connectivity index (χ3v) is 2.87. The highest BCUT2D eigenvalue weighted by atomic mass is 35.5. The van der Waals surface area contributed by atoms with E-state index in [0.29, 0.717) is 24.8 Å². The van der Waals surface area contributed by atoms with Crippen molar-refractivity contribution in [1.82, 2.24) is 0 Å². The highest BCUT2D eigenvalue weighted by Gasteiger charge is 2.40. The van der Waals surface area contributed by atoms with E-state index in [9.17, 15) is 13.9 Å². The van der Waals surface area contributed by atoms with E-state index in [4.69, 9.17) is 11.6 Å². The third kappa shape index (κ3) is 1.74. The normalized spacial score (nSPS) is 18.3. The van der Waals surface area contributed by atoms with Gasteiger partial charge in [0.1, 0.15) is 0 Å². The summed E-state index contributed by atoms with van der Waals surface area (Å²) in [5.41, 5.74) is -0.279. The lowest BCUT2D eigenvalue weighted by atomic mass is 10.1. The molecule has 1 aliphatic rings. The van der Waals surface area contributed by atoms with Crippen LogP contribution in [-0.4, -0.2) is 10.7 Å². The lowest BCUT2D eigenvalue weighted by molar-refractivity contribution is 0.151. The molecule has 0 saturated heterocycles. The quantitative estimate of drug-likeness (QED) is 0.757. The minimum atomic E-state index is -1.03. The molecule has 76 valence electrons. The zero-order valence-corrected chi connectivity index (χ0v) is 8.11. The summed E-state index contributed by atoms with van der Waals surface area (Å²) >= 11 is 5.61. The van der Waals surface area contributed by atoms with Crippen molar-refractivity contribution in [2.75, 3.05) is 0 Å². The lowest BCUT2D eigenvalue weighted by Gasteiger charge is -2.09. The predicted molar refractivity (Wildman–Crippen MR) is 49.3 cm³/mol. The van der Waals surface area contributed by atoms with Crippen molar-refractivity contribution in [1.29, 1.82) is 0 Å². The Hall–Kier alpha value is -0.670. The Morgan fingerprint density at radius 1 is 1.36 bits per heavy atom. The summed E-state index contributed by atoms with van der Waals surface area (Å²) < 4.78 is 25.7. The Bertz CT molecular complexity index is 375. The van der Waals surface area contributed by atoms with Gasteiger partial charge in [0.25, 0.3) is 0 Å². The molecule has 0 unspecified atom stereocenters. The molecule has 0 aromatic heterocycles. The Balaban J connectivity index is 2.30. The van der Waals surface area contributed by atoms with E-state index >= 15 is 0 Å². The van der Waals surface area contributed by atoms with E-state index < -0.39 is 17.2 Å². The number of rotatable bonds is 2. The van der Waals surface area contributed by atoms with Crippen LogP contribution in [0.2, 0.25) is 5.02 Å². The second kappa shape index (κ2) is 3.17. The van der Waals surface area contributed by atoms with E-state index in [1.165, 1.54) is 6.07 Å². The highest BCUT2D eigenvalue weighted by Crippen LogP contribution is 2.40. The van der Waals surface area contributed by atoms with Crippen LogP contribution in [-0.2, 0) is 6.42 Å². The van der Waals surface area contributed by atoms with Crippen LogP contribution >= 0.6 is 11.6 Å². The van der Waals surface area contributed by atoms with E-state index in [2.05, 4.69) is 0 Å². The van der Waals surface area contributed by atoms with Crippen LogP contribution in [0.4, 0.5) is 8.78 Å². The van der Waals surface area contributed by atoms with Crippen molar-refractivity contribution in [2.45, 2.75) is 24.9 Å². The molecule has 4 heteroatoms. The first-order chi connectivity index (χ1) is 6.52. The van der Waals surface area contributed by atoms with Gasteiger partial charge in [-0.1, -0.05) is 17.7 Å². The number of benzene rings is 1. The summed E-state index contributed by atoms with van der Waals surface area (Å²) in [6.45, 7) is 0. The fraction of sp³-hybridized carbons (Fsp3) is 0.400. The van der Waals surface area contributed by atoms with Crippen molar-refractivity contribution in [3.63, 3.8) is 0 Å². The van der Waals surface area contributed by atoms with Gasteiger partial charge < -0.3 is 5.11 Å². The Morgan fingerprint density at radius 3 is 2.57 bits per heavy atom. The van der Waals surface area contributed by atoms with Crippen LogP contribution in [0.5, 0.6) is 0 Å². The molecular weight excluding hydrogens is 210 g/mol. The summed E-state index contributed by atoms with van der Waals surface area (Å²) in [5.74, 6) is -1.99. The second-order valence-corrected chi connectivity index (χ2v) is 4.11. The Labute approximate surface area is 85.3 Å². The monoisotopic (exact) mass is 218 g/mol. The first-order valence-corrected chi connectivity index (χ1v) is 4.74. The van der Waals surface area contributed by atoms with Crippen molar-refractivity contribution in [3.8, 4) is 0 Å². The summed E-state index contributed by atoms with van der Waals surface area (Å²) in [5, 5.41) is 9.37. The minimum Gasteiger partial charge on any atom is -0.390 e.